The summed E-state index contributed by atoms with van der Waals surface area (Å²) in [5.41, 5.74) is -0.249. The summed E-state index contributed by atoms with van der Waals surface area (Å²) in [6, 6.07) is 0.363. The van der Waals surface area contributed by atoms with Gasteiger partial charge in [0.1, 0.15) is 17.1 Å². The molecule has 2 saturated heterocycles. The predicted molar refractivity (Wildman–Crippen MR) is 115 cm³/mol. The number of furan rings is 1. The van der Waals surface area contributed by atoms with Crippen LogP contribution in [0.3, 0.4) is 0 Å². The van der Waals surface area contributed by atoms with Crippen LogP contribution in [-0.2, 0) is 17.6 Å². The first-order valence-corrected chi connectivity index (χ1v) is 12.2. The smallest absolute Gasteiger partial charge is 0.411 e. The van der Waals surface area contributed by atoms with Crippen molar-refractivity contribution in [1.82, 2.24) is 15.5 Å². The van der Waals surface area contributed by atoms with Gasteiger partial charge in [0.25, 0.3) is 5.91 Å². The Morgan fingerprint density at radius 2 is 1.79 bits per heavy atom. The van der Waals surface area contributed by atoms with Gasteiger partial charge < -0.3 is 15.1 Å². The molecule has 0 aromatic carbocycles. The Morgan fingerprint density at radius 1 is 1.12 bits per heavy atom. The number of nitrogens with one attached hydrogen (secondary N) is 2. The zero-order valence-electron chi connectivity index (χ0n) is 19.0. The van der Waals surface area contributed by atoms with Crippen molar-refractivity contribution in [3.63, 3.8) is 0 Å². The molecule has 2 aliphatic carbocycles. The summed E-state index contributed by atoms with van der Waals surface area (Å²) >= 11 is 0. The minimum Gasteiger partial charge on any atom is -0.465 e. The average molecular weight is 468 g/mol. The molecule has 6 nitrogen and oxygen atoms in total. The van der Waals surface area contributed by atoms with Crippen molar-refractivity contribution >= 4 is 11.8 Å². The van der Waals surface area contributed by atoms with E-state index in [2.05, 4.69) is 15.5 Å². The maximum Gasteiger partial charge on any atom is 0.411 e. The molecule has 4 aliphatic rings. The van der Waals surface area contributed by atoms with Gasteiger partial charge in [-0.2, -0.15) is 13.2 Å². The van der Waals surface area contributed by atoms with E-state index in [1.807, 2.05) is 6.92 Å². The summed E-state index contributed by atoms with van der Waals surface area (Å²) in [4.78, 5) is 27.4. The number of carbonyl (C=O) groups excluding carboxylic acids is 2. The molecular formula is C24H32F3N3O3. The van der Waals surface area contributed by atoms with Crippen molar-refractivity contribution in [3.8, 4) is 0 Å². The Hall–Kier alpha value is -2.03. The molecule has 2 amide bonds. The third kappa shape index (κ3) is 4.29. The molecule has 2 unspecified atom stereocenters. The molecule has 3 fully saturated rings. The highest BCUT2D eigenvalue weighted by Gasteiger charge is 2.64. The summed E-state index contributed by atoms with van der Waals surface area (Å²) in [6.07, 6.45) is 3.07. The number of hydrogen-bond acceptors (Lipinski definition) is 4. The van der Waals surface area contributed by atoms with Crippen molar-refractivity contribution in [1.29, 1.82) is 0 Å². The Labute approximate surface area is 191 Å². The number of hydrogen-bond donors (Lipinski definition) is 2. The van der Waals surface area contributed by atoms with Crippen LogP contribution < -0.4 is 10.6 Å². The third-order valence-electron chi connectivity index (χ3n) is 8.11. The van der Waals surface area contributed by atoms with Crippen LogP contribution in [0.1, 0.15) is 78.8 Å². The number of rotatable bonds is 6. The fourth-order valence-corrected chi connectivity index (χ4v) is 6.21. The molecule has 3 heterocycles. The first-order chi connectivity index (χ1) is 15.7. The van der Waals surface area contributed by atoms with Gasteiger partial charge in [0.15, 0.2) is 0 Å². The second-order valence-corrected chi connectivity index (χ2v) is 10.4. The van der Waals surface area contributed by atoms with Crippen molar-refractivity contribution in [2.24, 2.45) is 5.92 Å². The van der Waals surface area contributed by atoms with E-state index < -0.39 is 17.6 Å². The van der Waals surface area contributed by atoms with Crippen LogP contribution in [0.15, 0.2) is 4.42 Å². The van der Waals surface area contributed by atoms with Gasteiger partial charge in [0, 0.05) is 30.6 Å². The van der Waals surface area contributed by atoms with E-state index in [0.29, 0.717) is 23.8 Å². The molecule has 0 radical (unpaired) electrons. The highest BCUT2D eigenvalue weighted by Crippen LogP contribution is 2.49. The number of amides is 2. The Bertz CT molecular complexity index is 923. The molecule has 9 heteroatoms. The van der Waals surface area contributed by atoms with Crippen LogP contribution in [-0.4, -0.2) is 53.6 Å². The van der Waals surface area contributed by atoms with Gasteiger partial charge in [0.05, 0.1) is 12.1 Å². The average Bonchev–Trinajstić information content (AvgIpc) is 3.41. The van der Waals surface area contributed by atoms with Crippen molar-refractivity contribution < 1.29 is 27.2 Å². The summed E-state index contributed by atoms with van der Waals surface area (Å²) in [5, 5.41) is 5.35. The summed E-state index contributed by atoms with van der Waals surface area (Å²) in [7, 11) is 0. The first-order valence-electron chi connectivity index (χ1n) is 12.2. The molecule has 1 aromatic rings. The minimum atomic E-state index is -4.39. The SMILES string of the molecule is Cc1oc2c(c1C(=O)NCC1CC3CCC(C1)N3CC(=O)NC1(C(F)(F)F)CC1)CCCC2. The van der Waals surface area contributed by atoms with Crippen LogP contribution in [0.2, 0.25) is 0 Å². The second kappa shape index (κ2) is 8.32. The van der Waals surface area contributed by atoms with Crippen LogP contribution in [0, 0.1) is 12.8 Å². The van der Waals surface area contributed by atoms with Crippen molar-refractivity contribution in [3.05, 3.63) is 22.6 Å². The van der Waals surface area contributed by atoms with Gasteiger partial charge in [0.2, 0.25) is 5.91 Å². The normalized spacial score (nSPS) is 28.3. The van der Waals surface area contributed by atoms with E-state index in [-0.39, 0.29) is 37.4 Å². The number of halogens is 3. The largest absolute Gasteiger partial charge is 0.465 e. The topological polar surface area (TPSA) is 74.6 Å². The zero-order valence-corrected chi connectivity index (χ0v) is 19.0. The summed E-state index contributed by atoms with van der Waals surface area (Å²) in [5.74, 6) is 1.34. The van der Waals surface area contributed by atoms with Crippen LogP contribution in [0.4, 0.5) is 13.2 Å². The molecule has 2 bridgehead atoms. The maximum absolute atomic E-state index is 13.2. The molecule has 1 aromatic heterocycles. The zero-order chi connectivity index (χ0) is 23.4. The van der Waals surface area contributed by atoms with Gasteiger partial charge >= 0.3 is 6.18 Å². The molecule has 0 spiro atoms. The maximum atomic E-state index is 13.2. The molecule has 1 saturated carbocycles. The van der Waals surface area contributed by atoms with E-state index in [0.717, 1.165) is 62.7 Å². The number of nitrogens with zero attached hydrogens (tertiary/aromatic N) is 1. The quantitative estimate of drug-likeness (QED) is 0.670. The lowest BCUT2D eigenvalue weighted by atomic mass is 9.90. The second-order valence-electron chi connectivity index (χ2n) is 10.4. The number of fused-ring (bicyclic) bond motifs is 3. The third-order valence-corrected chi connectivity index (χ3v) is 8.11. The van der Waals surface area contributed by atoms with E-state index in [1.165, 1.54) is 0 Å². The predicted octanol–water partition coefficient (Wildman–Crippen LogP) is 3.65. The fourth-order valence-electron chi connectivity index (χ4n) is 6.21. The van der Waals surface area contributed by atoms with Gasteiger partial charge in [-0.15, -0.1) is 0 Å². The lowest BCUT2D eigenvalue weighted by Gasteiger charge is -2.39. The Balaban J connectivity index is 1.14. The number of piperidine rings is 1. The molecular weight excluding hydrogens is 435 g/mol. The number of alkyl halides is 3. The van der Waals surface area contributed by atoms with E-state index in [1.54, 1.807) is 0 Å². The van der Waals surface area contributed by atoms with Crippen molar-refractivity contribution in [2.45, 2.75) is 94.9 Å². The highest BCUT2D eigenvalue weighted by atomic mass is 19.4. The molecule has 2 aliphatic heterocycles. The molecule has 182 valence electrons. The number of carbonyl (C=O) groups is 2. The van der Waals surface area contributed by atoms with Gasteiger partial charge in [-0.1, -0.05) is 0 Å². The lowest BCUT2D eigenvalue weighted by Crippen LogP contribution is -2.54. The van der Waals surface area contributed by atoms with Crippen LogP contribution >= 0.6 is 0 Å². The summed E-state index contributed by atoms with van der Waals surface area (Å²) in [6.45, 7) is 2.44. The van der Waals surface area contributed by atoms with Gasteiger partial charge in [-0.25, -0.2) is 0 Å². The van der Waals surface area contributed by atoms with Crippen LogP contribution in [0.5, 0.6) is 0 Å². The van der Waals surface area contributed by atoms with E-state index in [4.69, 9.17) is 4.42 Å². The number of aryl methyl sites for hydroxylation is 2. The lowest BCUT2D eigenvalue weighted by molar-refractivity contribution is -0.170. The molecule has 2 atom stereocenters. The van der Waals surface area contributed by atoms with Gasteiger partial charge in [-0.3, -0.25) is 14.5 Å². The first kappa shape index (κ1) is 22.7. The fraction of sp³-hybridized carbons (Fsp3) is 0.750. The van der Waals surface area contributed by atoms with Crippen molar-refractivity contribution in [2.75, 3.05) is 13.1 Å². The minimum absolute atomic E-state index is 0.0204. The molecule has 5 rings (SSSR count). The van der Waals surface area contributed by atoms with Gasteiger partial charge in [-0.05, 0) is 70.6 Å². The standard InChI is InChI=1S/C24H32F3N3O3/c1-14-21(18-4-2-3-5-19(18)33-14)22(32)28-12-15-10-16-6-7-17(11-15)30(16)13-20(31)29-23(8-9-23)24(25,26)27/h15-17H,2-13H2,1H3,(H,28,32)(H,29,31). The molecule has 2 N–H and O–H groups in total. The van der Waals surface area contributed by atoms with Crippen LogP contribution in [0.25, 0.3) is 0 Å². The Morgan fingerprint density at radius 3 is 2.42 bits per heavy atom. The van der Waals surface area contributed by atoms with E-state index >= 15 is 0 Å². The monoisotopic (exact) mass is 467 g/mol. The summed E-state index contributed by atoms with van der Waals surface area (Å²) < 4.78 is 45.3. The Kier molecular flexibility index (Phi) is 5.74. The molecule has 33 heavy (non-hydrogen) atoms. The highest BCUT2D eigenvalue weighted by molar-refractivity contribution is 5.97. The van der Waals surface area contributed by atoms with E-state index in [9.17, 15) is 22.8 Å².